The van der Waals surface area contributed by atoms with E-state index < -0.39 is 6.10 Å². The molecule has 7 heteroatoms. The van der Waals surface area contributed by atoms with E-state index in [-0.39, 0.29) is 11.6 Å². The lowest BCUT2D eigenvalue weighted by atomic mass is 10.1. The zero-order valence-corrected chi connectivity index (χ0v) is 16.3. The first-order valence-electron chi connectivity index (χ1n) is 8.99. The van der Waals surface area contributed by atoms with Crippen LogP contribution in [0.15, 0.2) is 67.0 Å². The highest BCUT2D eigenvalue weighted by atomic mass is 35.5. The van der Waals surface area contributed by atoms with Gasteiger partial charge in [0.05, 0.1) is 11.9 Å². The number of pyridine rings is 2. The maximum Gasteiger partial charge on any atom is 0.166 e. The first kappa shape index (κ1) is 19.0. The monoisotopic (exact) mass is 408 g/mol. The highest BCUT2D eigenvalue weighted by molar-refractivity contribution is 6.31. The Labute approximate surface area is 172 Å². The summed E-state index contributed by atoms with van der Waals surface area (Å²) < 4.78 is 19.5. The highest BCUT2D eigenvalue weighted by Crippen LogP contribution is 2.33. The molecule has 4 rings (SSSR count). The van der Waals surface area contributed by atoms with Gasteiger partial charge in [0.2, 0.25) is 0 Å². The number of benzene rings is 2. The van der Waals surface area contributed by atoms with Gasteiger partial charge in [-0.25, -0.2) is 14.4 Å². The quantitative estimate of drug-likeness (QED) is 0.431. The third kappa shape index (κ3) is 4.07. The summed E-state index contributed by atoms with van der Waals surface area (Å²) in [5.41, 5.74) is 7.17. The molecule has 2 aromatic heterocycles. The molecule has 146 valence electrons. The van der Waals surface area contributed by atoms with Crippen molar-refractivity contribution in [1.82, 2.24) is 9.97 Å². The molecule has 4 aromatic rings. The Morgan fingerprint density at radius 1 is 1.10 bits per heavy atom. The van der Waals surface area contributed by atoms with Gasteiger partial charge < -0.3 is 15.8 Å². The third-order valence-corrected chi connectivity index (χ3v) is 4.86. The highest BCUT2D eigenvalue weighted by Gasteiger charge is 2.15. The molecule has 1 atom stereocenters. The lowest BCUT2D eigenvalue weighted by molar-refractivity contribution is 0.227. The number of nitrogens with two attached hydrogens (primary N) is 1. The van der Waals surface area contributed by atoms with Crippen LogP contribution >= 0.6 is 11.6 Å². The Balaban J connectivity index is 1.61. The molecule has 0 aliphatic rings. The number of anilines is 3. The van der Waals surface area contributed by atoms with Crippen LogP contribution in [0.2, 0.25) is 5.02 Å². The molecule has 0 aliphatic carbocycles. The Morgan fingerprint density at radius 3 is 2.79 bits per heavy atom. The van der Waals surface area contributed by atoms with Crippen LogP contribution in [0.3, 0.4) is 0 Å². The van der Waals surface area contributed by atoms with Gasteiger partial charge in [-0.2, -0.15) is 0 Å². The van der Waals surface area contributed by atoms with Crippen LogP contribution < -0.4 is 15.8 Å². The molecule has 2 heterocycles. The number of hydrogen-bond donors (Lipinski definition) is 2. The van der Waals surface area contributed by atoms with E-state index in [0.29, 0.717) is 27.8 Å². The molecular formula is C22H18ClFN4O. The van der Waals surface area contributed by atoms with Crippen molar-refractivity contribution >= 4 is 39.7 Å². The van der Waals surface area contributed by atoms with Crippen molar-refractivity contribution in [1.29, 1.82) is 0 Å². The van der Waals surface area contributed by atoms with Crippen LogP contribution in [0.1, 0.15) is 18.6 Å². The fourth-order valence-corrected chi connectivity index (χ4v) is 3.33. The minimum absolute atomic E-state index is 0.223. The number of hydrogen-bond acceptors (Lipinski definition) is 5. The van der Waals surface area contributed by atoms with Crippen molar-refractivity contribution in [2.75, 3.05) is 11.1 Å². The molecule has 5 nitrogen and oxygen atoms in total. The lowest BCUT2D eigenvalue weighted by Crippen LogP contribution is -2.07. The summed E-state index contributed by atoms with van der Waals surface area (Å²) in [6.07, 6.45) is 2.82. The second-order valence-corrected chi connectivity index (χ2v) is 6.95. The van der Waals surface area contributed by atoms with Crippen molar-refractivity contribution in [2.45, 2.75) is 13.0 Å². The molecule has 2 aromatic carbocycles. The molecule has 29 heavy (non-hydrogen) atoms. The van der Waals surface area contributed by atoms with Gasteiger partial charge in [-0.3, -0.25) is 0 Å². The molecular weight excluding hydrogens is 391 g/mol. The molecule has 0 aliphatic heterocycles. The van der Waals surface area contributed by atoms with E-state index in [0.717, 1.165) is 10.8 Å². The zero-order valence-electron chi connectivity index (χ0n) is 15.6. The minimum atomic E-state index is -0.520. The Bertz CT molecular complexity index is 1180. The van der Waals surface area contributed by atoms with Crippen molar-refractivity contribution in [3.05, 3.63) is 83.4 Å². The zero-order chi connectivity index (χ0) is 20.4. The number of ether oxygens (including phenoxy) is 1. The molecule has 1 unspecified atom stereocenters. The standard InChI is InChI=1S/C22H18ClFN4O/c1-13(18-10-15(24)6-7-19(18)23)29-20-11-16(12-27-21(20)25)28-22-17-5-3-2-4-14(17)8-9-26-22/h2-13H,1H3,(H2,25,27)(H,26,28). The second-order valence-electron chi connectivity index (χ2n) is 6.54. The summed E-state index contributed by atoms with van der Waals surface area (Å²) >= 11 is 6.18. The van der Waals surface area contributed by atoms with E-state index in [4.69, 9.17) is 22.1 Å². The van der Waals surface area contributed by atoms with Crippen LogP contribution in [-0.2, 0) is 0 Å². The van der Waals surface area contributed by atoms with Gasteiger partial charge in [-0.1, -0.05) is 35.9 Å². The van der Waals surface area contributed by atoms with E-state index in [1.807, 2.05) is 30.3 Å². The van der Waals surface area contributed by atoms with E-state index in [2.05, 4.69) is 15.3 Å². The topological polar surface area (TPSA) is 73.1 Å². The predicted octanol–water partition coefficient (Wildman–Crippen LogP) is 5.89. The summed E-state index contributed by atoms with van der Waals surface area (Å²) in [5, 5.41) is 5.72. The van der Waals surface area contributed by atoms with E-state index >= 15 is 0 Å². The van der Waals surface area contributed by atoms with Gasteiger partial charge in [0.1, 0.15) is 17.7 Å². The molecule has 0 fully saturated rings. The van der Waals surface area contributed by atoms with Gasteiger partial charge in [-0.05, 0) is 36.6 Å². The molecule has 0 radical (unpaired) electrons. The number of nitrogens with zero attached hydrogens (tertiary/aromatic N) is 2. The van der Waals surface area contributed by atoms with Gasteiger partial charge in [0, 0.05) is 28.2 Å². The number of fused-ring (bicyclic) bond motifs is 1. The van der Waals surface area contributed by atoms with Gasteiger partial charge in [-0.15, -0.1) is 0 Å². The summed E-state index contributed by atoms with van der Waals surface area (Å²) in [7, 11) is 0. The van der Waals surface area contributed by atoms with Crippen LogP contribution in [0.4, 0.5) is 21.7 Å². The van der Waals surface area contributed by atoms with Crippen LogP contribution in [-0.4, -0.2) is 9.97 Å². The van der Waals surface area contributed by atoms with Crippen LogP contribution in [0.5, 0.6) is 5.75 Å². The fourth-order valence-electron chi connectivity index (χ4n) is 3.05. The molecule has 0 spiro atoms. The number of nitrogens with one attached hydrogen (secondary N) is 1. The summed E-state index contributed by atoms with van der Waals surface area (Å²) in [4.78, 5) is 8.61. The second kappa shape index (κ2) is 7.93. The average molecular weight is 409 g/mol. The van der Waals surface area contributed by atoms with Gasteiger partial charge >= 0.3 is 0 Å². The van der Waals surface area contributed by atoms with Crippen molar-refractivity contribution in [3.63, 3.8) is 0 Å². The predicted molar refractivity (Wildman–Crippen MR) is 114 cm³/mol. The number of halogens is 2. The molecule has 0 saturated carbocycles. The van der Waals surface area contributed by atoms with E-state index in [9.17, 15) is 4.39 Å². The Morgan fingerprint density at radius 2 is 1.93 bits per heavy atom. The van der Waals surface area contributed by atoms with E-state index in [1.54, 1.807) is 25.4 Å². The number of nitrogen functional groups attached to an aromatic ring is 1. The van der Waals surface area contributed by atoms with Crippen molar-refractivity contribution < 1.29 is 9.13 Å². The third-order valence-electron chi connectivity index (χ3n) is 4.52. The summed E-state index contributed by atoms with van der Waals surface area (Å²) in [6.45, 7) is 1.77. The lowest BCUT2D eigenvalue weighted by Gasteiger charge is -2.18. The van der Waals surface area contributed by atoms with Crippen molar-refractivity contribution in [2.24, 2.45) is 0 Å². The van der Waals surface area contributed by atoms with Gasteiger partial charge in [0.15, 0.2) is 11.6 Å². The minimum Gasteiger partial charge on any atom is -0.482 e. The van der Waals surface area contributed by atoms with Crippen molar-refractivity contribution in [3.8, 4) is 5.75 Å². The SMILES string of the molecule is CC(Oc1cc(Nc2nccc3ccccc23)cnc1N)c1cc(F)ccc1Cl. The molecule has 0 saturated heterocycles. The smallest absolute Gasteiger partial charge is 0.166 e. The molecule has 0 bridgehead atoms. The number of aromatic nitrogens is 2. The van der Waals surface area contributed by atoms with E-state index in [1.165, 1.54) is 18.2 Å². The maximum atomic E-state index is 13.6. The maximum absolute atomic E-state index is 13.6. The fraction of sp³-hybridized carbons (Fsp3) is 0.0909. The molecule has 0 amide bonds. The summed E-state index contributed by atoms with van der Waals surface area (Å²) in [5.74, 6) is 0.897. The largest absolute Gasteiger partial charge is 0.482 e. The number of rotatable bonds is 5. The molecule has 3 N–H and O–H groups in total. The van der Waals surface area contributed by atoms with Crippen LogP contribution in [0.25, 0.3) is 10.8 Å². The van der Waals surface area contributed by atoms with Gasteiger partial charge in [0.25, 0.3) is 0 Å². The van der Waals surface area contributed by atoms with Crippen LogP contribution in [0, 0.1) is 5.82 Å². The normalized spacial score (nSPS) is 12.0. The average Bonchev–Trinajstić information content (AvgIpc) is 2.72. The first-order chi connectivity index (χ1) is 14.0. The first-order valence-corrected chi connectivity index (χ1v) is 9.37. The Hall–Kier alpha value is -3.38. The summed E-state index contributed by atoms with van der Waals surface area (Å²) in [6, 6.07) is 15.8. The Kier molecular flexibility index (Phi) is 5.18.